The Morgan fingerprint density at radius 1 is 0.677 bits per heavy atom. The molecule has 17 heteroatoms. The second kappa shape index (κ2) is 18.0. The van der Waals surface area contributed by atoms with Gasteiger partial charge in [0, 0.05) is 67.5 Å². The third-order valence-electron chi connectivity index (χ3n) is 11.1. The number of alkyl halides is 4. The van der Waals surface area contributed by atoms with Crippen LogP contribution in [-0.2, 0) is 0 Å². The number of carbonyl (C=O) groups is 2. The zero-order valence-electron chi connectivity index (χ0n) is 34.2. The van der Waals surface area contributed by atoms with Gasteiger partial charge in [-0.2, -0.15) is 17.6 Å². The summed E-state index contributed by atoms with van der Waals surface area (Å²) in [5.74, 6) is 0.780. The van der Waals surface area contributed by atoms with Gasteiger partial charge < -0.3 is 28.6 Å². The highest BCUT2D eigenvalue weighted by molar-refractivity contribution is 6.03. The van der Waals surface area contributed by atoms with Crippen molar-refractivity contribution in [3.05, 3.63) is 90.3 Å². The molecule has 1 saturated heterocycles. The molecule has 0 spiro atoms. The van der Waals surface area contributed by atoms with Gasteiger partial charge in [0.25, 0.3) is 0 Å². The first-order valence-corrected chi connectivity index (χ1v) is 20.2. The number of Topliss-reactive ketones (excluding diaryl/α,β-unsaturated/α-hetero) is 2. The number of aromatic nitrogens is 4. The number of rotatable bonds is 17. The molecule has 2 aromatic carbocycles. The molecule has 1 aliphatic heterocycles. The van der Waals surface area contributed by atoms with E-state index in [0.717, 1.165) is 44.5 Å². The Kier molecular flexibility index (Phi) is 12.3. The summed E-state index contributed by atoms with van der Waals surface area (Å²) in [5, 5.41) is 0. The Bertz CT molecular complexity index is 2600. The van der Waals surface area contributed by atoms with Gasteiger partial charge in [0.05, 0.1) is 44.6 Å². The Hall–Kier alpha value is -6.23. The van der Waals surface area contributed by atoms with Crippen LogP contribution in [0.1, 0.15) is 59.2 Å². The van der Waals surface area contributed by atoms with Gasteiger partial charge in [-0.1, -0.05) is 0 Å². The van der Waals surface area contributed by atoms with Gasteiger partial charge in [-0.3, -0.25) is 18.4 Å². The summed E-state index contributed by atoms with van der Waals surface area (Å²) in [7, 11) is 4.86. The highest BCUT2D eigenvalue weighted by Crippen LogP contribution is 2.42. The fraction of sp³-hybridized carbons (Fsp3) is 0.378. The van der Waals surface area contributed by atoms with Gasteiger partial charge in [0.15, 0.2) is 11.6 Å². The summed E-state index contributed by atoms with van der Waals surface area (Å²) in [4.78, 5) is 36.3. The van der Waals surface area contributed by atoms with Crippen LogP contribution in [0, 0.1) is 23.6 Å². The Labute approximate surface area is 353 Å². The first-order valence-electron chi connectivity index (χ1n) is 20.2. The van der Waals surface area contributed by atoms with Gasteiger partial charge in [-0.15, -0.1) is 0 Å². The van der Waals surface area contributed by atoms with Gasteiger partial charge in [0.2, 0.25) is 0 Å². The highest BCUT2D eigenvalue weighted by Gasteiger charge is 2.31. The average molecular weight is 862 g/mol. The van der Waals surface area contributed by atoms with E-state index in [1.54, 1.807) is 22.7 Å². The topological polar surface area (TPSA) is 118 Å². The number of likely N-dealkylation sites (tertiary alicyclic amines) is 1. The number of ether oxygens (including phenoxy) is 5. The van der Waals surface area contributed by atoms with Crippen LogP contribution < -0.4 is 23.7 Å². The van der Waals surface area contributed by atoms with Gasteiger partial charge in [0.1, 0.15) is 57.0 Å². The summed E-state index contributed by atoms with van der Waals surface area (Å²) >= 11 is 0. The maximum absolute atomic E-state index is 13.4. The number of pyridine rings is 2. The molecular formula is C45H44F5N5O7. The number of fused-ring (bicyclic) bond motifs is 2. The molecule has 326 valence electrons. The van der Waals surface area contributed by atoms with Crippen LogP contribution in [0.4, 0.5) is 22.0 Å². The summed E-state index contributed by atoms with van der Waals surface area (Å²) < 4.78 is 95.4. The number of hydrogen-bond donors (Lipinski definition) is 0. The van der Waals surface area contributed by atoms with Crippen LogP contribution >= 0.6 is 0 Å². The molecule has 4 aromatic heterocycles. The number of carbonyl (C=O) groups excluding carboxylic acids is 2. The van der Waals surface area contributed by atoms with Crippen LogP contribution in [0.25, 0.3) is 33.8 Å². The van der Waals surface area contributed by atoms with Gasteiger partial charge in [-0.05, 0) is 81.0 Å². The number of ketones is 2. The van der Waals surface area contributed by atoms with Crippen molar-refractivity contribution in [1.29, 1.82) is 0 Å². The molecule has 9 rings (SSSR count). The summed E-state index contributed by atoms with van der Waals surface area (Å²) in [6, 6.07) is 12.3. The first kappa shape index (κ1) is 42.5. The van der Waals surface area contributed by atoms with Crippen LogP contribution in [0.15, 0.2) is 73.3 Å². The molecule has 3 aliphatic rings. The van der Waals surface area contributed by atoms with E-state index in [2.05, 4.69) is 26.7 Å². The molecule has 0 amide bonds. The number of nitrogens with zero attached hydrogens (tertiary/aromatic N) is 5. The predicted molar refractivity (Wildman–Crippen MR) is 217 cm³/mol. The van der Waals surface area contributed by atoms with E-state index in [-0.39, 0.29) is 58.0 Å². The predicted octanol–water partition coefficient (Wildman–Crippen LogP) is 9.27. The molecule has 0 bridgehead atoms. The van der Waals surface area contributed by atoms with Crippen LogP contribution in [0.2, 0.25) is 0 Å². The molecule has 5 heterocycles. The SMILES string of the molecule is COc1cc(-c2cnc3cc(F)ccn23)cc(OC(F)F)c1C(=O)CC1CC1.COc1cc(-c2cnc3cc(OCC4CN(C)C4)ccn23)cc(OC(F)F)c1C(=O)CC1CC1. The van der Waals surface area contributed by atoms with E-state index in [0.29, 0.717) is 58.7 Å². The third kappa shape index (κ3) is 9.62. The van der Waals surface area contributed by atoms with Crippen LogP contribution in [0.3, 0.4) is 0 Å². The summed E-state index contributed by atoms with van der Waals surface area (Å²) in [6.07, 6.45) is 10.9. The van der Waals surface area contributed by atoms with E-state index in [4.69, 9.17) is 18.9 Å². The lowest BCUT2D eigenvalue weighted by molar-refractivity contribution is -0.0509. The van der Waals surface area contributed by atoms with Crippen molar-refractivity contribution in [2.45, 2.75) is 51.7 Å². The minimum atomic E-state index is -3.09. The Morgan fingerprint density at radius 3 is 1.60 bits per heavy atom. The van der Waals surface area contributed by atoms with Crippen molar-refractivity contribution in [3.8, 4) is 51.3 Å². The second-order valence-electron chi connectivity index (χ2n) is 15.9. The number of methoxy groups -OCH3 is 2. The van der Waals surface area contributed by atoms with E-state index >= 15 is 0 Å². The normalized spacial score (nSPS) is 15.4. The van der Waals surface area contributed by atoms with Crippen LogP contribution in [0.5, 0.6) is 28.7 Å². The van der Waals surface area contributed by atoms with Gasteiger partial charge in [-0.25, -0.2) is 14.4 Å². The molecule has 0 N–H and O–H groups in total. The smallest absolute Gasteiger partial charge is 0.387 e. The van der Waals surface area contributed by atoms with E-state index in [9.17, 15) is 31.5 Å². The highest BCUT2D eigenvalue weighted by atomic mass is 19.3. The molecule has 12 nitrogen and oxygen atoms in total. The Morgan fingerprint density at radius 2 is 1.15 bits per heavy atom. The monoisotopic (exact) mass is 861 g/mol. The minimum absolute atomic E-state index is 0.0123. The molecule has 6 aromatic rings. The zero-order valence-corrected chi connectivity index (χ0v) is 34.2. The van der Waals surface area contributed by atoms with Crippen molar-refractivity contribution in [1.82, 2.24) is 23.7 Å². The lowest BCUT2D eigenvalue weighted by Gasteiger charge is -2.35. The lowest BCUT2D eigenvalue weighted by atomic mass is 10.00. The maximum Gasteiger partial charge on any atom is 0.387 e. The number of halogens is 5. The van der Waals surface area contributed by atoms with Crippen molar-refractivity contribution < 1.29 is 55.2 Å². The molecular weight excluding hydrogens is 818 g/mol. The number of hydrogen-bond acceptors (Lipinski definition) is 10. The first-order chi connectivity index (χ1) is 29.9. The fourth-order valence-corrected chi connectivity index (χ4v) is 7.68. The quantitative estimate of drug-likeness (QED) is 0.0649. The Balaban J connectivity index is 0.000000174. The number of benzene rings is 2. The van der Waals surface area contributed by atoms with Crippen LogP contribution in [-0.4, -0.2) is 89.4 Å². The standard InChI is InChI=1S/C25H27F2N3O4.C20H17F3N2O3/c1-29-12-16(13-29)14-33-18-5-6-30-19(11-28-23(30)10-18)17-8-21(32-2)24(20(31)7-15-3-4-15)22(9-17)34-25(26)27;1-27-16-7-12(14-10-24-18-9-13(21)4-5-25(14)18)8-17(28-20(22)23)19(16)15(26)6-11-2-3-11/h5-6,8-11,15-16,25H,3-4,7,12-14H2,1-2H3;4-5,7-11,20H,2-3,6H2,1H3. The summed E-state index contributed by atoms with van der Waals surface area (Å²) in [5.41, 5.74) is 3.27. The molecule has 2 aliphatic carbocycles. The summed E-state index contributed by atoms with van der Waals surface area (Å²) in [6.45, 7) is -3.45. The zero-order chi connectivity index (χ0) is 43.7. The fourth-order valence-electron chi connectivity index (χ4n) is 7.68. The van der Waals surface area contributed by atoms with Crippen molar-refractivity contribution in [2.24, 2.45) is 17.8 Å². The van der Waals surface area contributed by atoms with Crippen molar-refractivity contribution >= 4 is 22.9 Å². The molecule has 0 radical (unpaired) electrons. The molecule has 62 heavy (non-hydrogen) atoms. The minimum Gasteiger partial charge on any atom is -0.496 e. The van der Waals surface area contributed by atoms with Crippen molar-refractivity contribution in [3.63, 3.8) is 0 Å². The van der Waals surface area contributed by atoms with E-state index < -0.39 is 19.0 Å². The average Bonchev–Trinajstić information content (AvgIpc) is 4.14. The van der Waals surface area contributed by atoms with E-state index in [1.807, 2.05) is 22.7 Å². The molecule has 3 fully saturated rings. The largest absolute Gasteiger partial charge is 0.496 e. The third-order valence-corrected chi connectivity index (χ3v) is 11.1. The molecule has 2 saturated carbocycles. The molecule has 0 atom stereocenters. The van der Waals surface area contributed by atoms with Gasteiger partial charge >= 0.3 is 13.2 Å². The van der Waals surface area contributed by atoms with Crippen molar-refractivity contribution in [2.75, 3.05) is 41.0 Å². The molecule has 0 unspecified atom stereocenters. The lowest BCUT2D eigenvalue weighted by Crippen LogP contribution is -2.46. The second-order valence-corrected chi connectivity index (χ2v) is 15.9. The van der Waals surface area contributed by atoms with E-state index in [1.165, 1.54) is 50.9 Å². The maximum atomic E-state index is 13.4. The number of imidazole rings is 2.